The topological polar surface area (TPSA) is 50.5 Å². The Hall–Kier alpha value is -1.10. The van der Waals surface area contributed by atoms with Crippen LogP contribution in [-0.4, -0.2) is 31.3 Å². The van der Waals surface area contributed by atoms with Crippen LogP contribution < -0.4 is 15.9 Å². The molecule has 4 heteroatoms. The molecule has 1 fully saturated rings. The molecular formula is C15H25N3O. The van der Waals surface area contributed by atoms with E-state index in [1.165, 1.54) is 24.8 Å². The molecule has 1 heterocycles. The molecule has 0 aliphatic carbocycles. The van der Waals surface area contributed by atoms with E-state index in [-0.39, 0.29) is 6.04 Å². The highest BCUT2D eigenvalue weighted by atomic mass is 16.5. The summed E-state index contributed by atoms with van der Waals surface area (Å²) in [6, 6.07) is 8.37. The molecule has 1 atom stereocenters. The second-order valence-electron chi connectivity index (χ2n) is 4.97. The molecular weight excluding hydrogens is 238 g/mol. The second-order valence-corrected chi connectivity index (χ2v) is 4.97. The maximum atomic E-state index is 5.92. The van der Waals surface area contributed by atoms with Gasteiger partial charge in [-0.05, 0) is 37.5 Å². The molecule has 2 rings (SSSR count). The minimum atomic E-state index is 0.165. The first-order valence-corrected chi connectivity index (χ1v) is 7.27. The van der Waals surface area contributed by atoms with E-state index in [9.17, 15) is 0 Å². The molecule has 0 amide bonds. The van der Waals surface area contributed by atoms with Crippen molar-refractivity contribution in [2.45, 2.75) is 32.2 Å². The Labute approximate surface area is 115 Å². The maximum absolute atomic E-state index is 5.92. The van der Waals surface area contributed by atoms with Gasteiger partial charge in [-0.15, -0.1) is 0 Å². The van der Waals surface area contributed by atoms with Crippen LogP contribution in [-0.2, 0) is 0 Å². The van der Waals surface area contributed by atoms with Crippen molar-refractivity contribution in [3.63, 3.8) is 0 Å². The van der Waals surface area contributed by atoms with Gasteiger partial charge in [-0.3, -0.25) is 0 Å². The van der Waals surface area contributed by atoms with E-state index in [0.29, 0.717) is 13.2 Å². The summed E-state index contributed by atoms with van der Waals surface area (Å²) in [6.07, 6.45) is 3.87. The average molecular weight is 263 g/mol. The summed E-state index contributed by atoms with van der Waals surface area (Å²) in [5.74, 6) is 0.916. The van der Waals surface area contributed by atoms with Crippen molar-refractivity contribution >= 4 is 0 Å². The fourth-order valence-electron chi connectivity index (χ4n) is 2.49. The number of nitrogens with two attached hydrogens (primary N) is 1. The summed E-state index contributed by atoms with van der Waals surface area (Å²) < 4.78 is 5.55. The van der Waals surface area contributed by atoms with Crippen LogP contribution in [0.5, 0.6) is 5.75 Å². The number of hydrogen-bond acceptors (Lipinski definition) is 4. The molecule has 1 aliphatic heterocycles. The van der Waals surface area contributed by atoms with E-state index in [1.807, 2.05) is 19.1 Å². The van der Waals surface area contributed by atoms with E-state index in [4.69, 9.17) is 10.5 Å². The van der Waals surface area contributed by atoms with Gasteiger partial charge in [0.15, 0.2) is 0 Å². The van der Waals surface area contributed by atoms with Crippen LogP contribution in [0.15, 0.2) is 24.3 Å². The summed E-state index contributed by atoms with van der Waals surface area (Å²) in [5.41, 5.74) is 10.7. The molecule has 3 N–H and O–H groups in total. The van der Waals surface area contributed by atoms with Crippen molar-refractivity contribution in [3.8, 4) is 5.75 Å². The first-order valence-electron chi connectivity index (χ1n) is 7.27. The molecule has 19 heavy (non-hydrogen) atoms. The lowest BCUT2D eigenvalue weighted by atomic mass is 10.1. The number of ether oxygens (including phenoxy) is 1. The van der Waals surface area contributed by atoms with Gasteiger partial charge in [0.2, 0.25) is 0 Å². The van der Waals surface area contributed by atoms with Gasteiger partial charge in [0.25, 0.3) is 0 Å². The Morgan fingerprint density at radius 1 is 1.32 bits per heavy atom. The van der Waals surface area contributed by atoms with Crippen LogP contribution in [0.1, 0.15) is 37.8 Å². The van der Waals surface area contributed by atoms with E-state index in [0.717, 1.165) is 18.8 Å². The largest absolute Gasteiger partial charge is 0.494 e. The van der Waals surface area contributed by atoms with Crippen molar-refractivity contribution < 1.29 is 4.74 Å². The Kier molecular flexibility index (Phi) is 5.63. The highest BCUT2D eigenvalue weighted by Gasteiger charge is 2.16. The molecule has 0 bridgehead atoms. The zero-order valence-electron chi connectivity index (χ0n) is 11.8. The fourth-order valence-corrected chi connectivity index (χ4v) is 2.49. The first-order chi connectivity index (χ1) is 9.33. The smallest absolute Gasteiger partial charge is 0.119 e. The third-order valence-corrected chi connectivity index (χ3v) is 3.50. The van der Waals surface area contributed by atoms with Gasteiger partial charge in [0.05, 0.1) is 12.6 Å². The predicted molar refractivity (Wildman–Crippen MR) is 78.0 cm³/mol. The normalized spacial score (nSPS) is 18.2. The zero-order valence-corrected chi connectivity index (χ0v) is 11.8. The lowest BCUT2D eigenvalue weighted by Crippen LogP contribution is -2.45. The van der Waals surface area contributed by atoms with E-state index >= 15 is 0 Å². The molecule has 1 aromatic rings. The van der Waals surface area contributed by atoms with Crippen molar-refractivity contribution in [1.29, 1.82) is 0 Å². The highest BCUT2D eigenvalue weighted by molar-refractivity contribution is 5.30. The Morgan fingerprint density at radius 2 is 2.11 bits per heavy atom. The molecule has 0 spiro atoms. The zero-order chi connectivity index (χ0) is 13.5. The number of hydrazine groups is 1. The maximum Gasteiger partial charge on any atom is 0.119 e. The monoisotopic (exact) mass is 263 g/mol. The first kappa shape index (κ1) is 14.3. The number of piperidine rings is 1. The number of nitrogens with zero attached hydrogens (tertiary/aromatic N) is 1. The molecule has 0 saturated carbocycles. The van der Waals surface area contributed by atoms with Gasteiger partial charge >= 0.3 is 0 Å². The number of rotatable bonds is 6. The van der Waals surface area contributed by atoms with Crippen LogP contribution in [0, 0.1) is 0 Å². The summed E-state index contributed by atoms with van der Waals surface area (Å²) >= 11 is 0. The molecule has 4 nitrogen and oxygen atoms in total. The standard InChI is InChI=1S/C15H25N3O/c1-2-19-14-8-6-7-13(11-14)15(12-16)17-18-9-4-3-5-10-18/h6-8,11,15,17H,2-5,9-10,12,16H2,1H3. The van der Waals surface area contributed by atoms with Crippen LogP contribution in [0.2, 0.25) is 0 Å². The minimum Gasteiger partial charge on any atom is -0.494 e. The lowest BCUT2D eigenvalue weighted by molar-refractivity contribution is 0.130. The SMILES string of the molecule is CCOc1cccc(C(CN)NN2CCCCC2)c1. The number of nitrogens with one attached hydrogen (secondary N) is 1. The molecule has 1 saturated heterocycles. The van der Waals surface area contributed by atoms with E-state index in [1.54, 1.807) is 0 Å². The predicted octanol–water partition coefficient (Wildman–Crippen LogP) is 2.08. The summed E-state index contributed by atoms with van der Waals surface area (Å²) in [4.78, 5) is 0. The summed E-state index contributed by atoms with van der Waals surface area (Å²) in [5, 5.41) is 2.30. The molecule has 106 valence electrons. The summed E-state index contributed by atoms with van der Waals surface area (Å²) in [7, 11) is 0. The average Bonchev–Trinajstić information content (AvgIpc) is 2.46. The quantitative estimate of drug-likeness (QED) is 0.825. The number of hydrogen-bond donors (Lipinski definition) is 2. The van der Waals surface area contributed by atoms with Crippen molar-refractivity contribution in [1.82, 2.24) is 10.4 Å². The van der Waals surface area contributed by atoms with E-state index < -0.39 is 0 Å². The van der Waals surface area contributed by atoms with Crippen LogP contribution >= 0.6 is 0 Å². The third-order valence-electron chi connectivity index (χ3n) is 3.50. The third kappa shape index (κ3) is 4.20. The molecule has 1 aliphatic rings. The van der Waals surface area contributed by atoms with Crippen LogP contribution in [0.3, 0.4) is 0 Å². The number of benzene rings is 1. The molecule has 1 unspecified atom stereocenters. The van der Waals surface area contributed by atoms with Gasteiger partial charge in [-0.1, -0.05) is 18.6 Å². The Morgan fingerprint density at radius 3 is 2.79 bits per heavy atom. The van der Waals surface area contributed by atoms with Gasteiger partial charge in [0.1, 0.15) is 5.75 Å². The molecule has 0 radical (unpaired) electrons. The van der Waals surface area contributed by atoms with Crippen molar-refractivity contribution in [2.75, 3.05) is 26.2 Å². The van der Waals surface area contributed by atoms with Crippen LogP contribution in [0.4, 0.5) is 0 Å². The summed E-state index contributed by atoms with van der Waals surface area (Å²) in [6.45, 7) is 5.50. The van der Waals surface area contributed by atoms with Gasteiger partial charge in [-0.2, -0.15) is 0 Å². The van der Waals surface area contributed by atoms with Crippen LogP contribution in [0.25, 0.3) is 0 Å². The van der Waals surface area contributed by atoms with Crippen molar-refractivity contribution in [2.24, 2.45) is 5.73 Å². The second kappa shape index (κ2) is 7.48. The lowest BCUT2D eigenvalue weighted by Gasteiger charge is -2.31. The van der Waals surface area contributed by atoms with E-state index in [2.05, 4.69) is 22.6 Å². The Bertz CT molecular complexity index is 377. The minimum absolute atomic E-state index is 0.165. The fraction of sp³-hybridized carbons (Fsp3) is 0.600. The Balaban J connectivity index is 2.01. The molecule has 0 aromatic heterocycles. The molecule has 1 aromatic carbocycles. The highest BCUT2D eigenvalue weighted by Crippen LogP contribution is 2.20. The van der Waals surface area contributed by atoms with Crippen molar-refractivity contribution in [3.05, 3.63) is 29.8 Å². The van der Waals surface area contributed by atoms with Gasteiger partial charge in [0, 0.05) is 19.6 Å². The van der Waals surface area contributed by atoms with Gasteiger partial charge in [-0.25, -0.2) is 10.4 Å². The van der Waals surface area contributed by atoms with Gasteiger partial charge < -0.3 is 10.5 Å².